The number of furan rings is 1. The summed E-state index contributed by atoms with van der Waals surface area (Å²) in [5.74, 6) is 1.19. The zero-order valence-corrected chi connectivity index (χ0v) is 11.6. The minimum Gasteiger partial charge on any atom is -0.466 e. The van der Waals surface area contributed by atoms with Crippen LogP contribution >= 0.6 is 15.9 Å². The highest BCUT2D eigenvalue weighted by molar-refractivity contribution is 9.10. The number of nitrogens with one attached hydrogen (secondary N) is 1. The Bertz CT molecular complexity index is 314. The standard InChI is InChI=1S/C12H20BrNO2/c1-4-8(2)11(15)7-14-9(3)12-10(13)5-6-16-12/h5-6,8-9,11,14-15H,4,7H2,1-3H3. The third kappa shape index (κ3) is 3.61. The van der Waals surface area contributed by atoms with Gasteiger partial charge in [-0.1, -0.05) is 20.3 Å². The molecule has 1 rings (SSSR count). The second-order valence-electron chi connectivity index (χ2n) is 4.22. The van der Waals surface area contributed by atoms with Crippen LogP contribution in [0.1, 0.15) is 39.0 Å². The molecule has 0 fully saturated rings. The maximum atomic E-state index is 9.83. The molecule has 0 spiro atoms. The molecule has 0 aromatic carbocycles. The van der Waals surface area contributed by atoms with E-state index in [-0.39, 0.29) is 12.1 Å². The minimum atomic E-state index is -0.304. The first kappa shape index (κ1) is 13.7. The fraction of sp³-hybridized carbons (Fsp3) is 0.667. The molecular formula is C12H20BrNO2. The van der Waals surface area contributed by atoms with Gasteiger partial charge in [-0.2, -0.15) is 0 Å². The summed E-state index contributed by atoms with van der Waals surface area (Å²) in [6.07, 6.45) is 2.34. The molecule has 3 atom stereocenters. The Morgan fingerprint density at radius 3 is 2.69 bits per heavy atom. The second-order valence-corrected chi connectivity index (χ2v) is 5.07. The smallest absolute Gasteiger partial charge is 0.134 e. The largest absolute Gasteiger partial charge is 0.466 e. The maximum absolute atomic E-state index is 9.83. The van der Waals surface area contributed by atoms with Gasteiger partial charge in [0.25, 0.3) is 0 Å². The van der Waals surface area contributed by atoms with Crippen molar-refractivity contribution < 1.29 is 9.52 Å². The molecule has 0 aliphatic heterocycles. The first-order valence-corrected chi connectivity index (χ1v) is 6.49. The van der Waals surface area contributed by atoms with Crippen molar-refractivity contribution in [1.29, 1.82) is 0 Å². The summed E-state index contributed by atoms with van der Waals surface area (Å²) in [4.78, 5) is 0. The van der Waals surface area contributed by atoms with Gasteiger partial charge in [0.15, 0.2) is 0 Å². The van der Waals surface area contributed by atoms with Gasteiger partial charge < -0.3 is 14.8 Å². The van der Waals surface area contributed by atoms with Crippen LogP contribution in [0.25, 0.3) is 0 Å². The molecule has 0 bridgehead atoms. The highest BCUT2D eigenvalue weighted by Crippen LogP contribution is 2.24. The molecule has 0 saturated heterocycles. The van der Waals surface area contributed by atoms with Crippen LogP contribution in [-0.4, -0.2) is 17.8 Å². The van der Waals surface area contributed by atoms with Crippen molar-refractivity contribution in [2.24, 2.45) is 5.92 Å². The van der Waals surface area contributed by atoms with E-state index in [9.17, 15) is 5.11 Å². The fourth-order valence-electron chi connectivity index (χ4n) is 1.48. The lowest BCUT2D eigenvalue weighted by Gasteiger charge is -2.20. The summed E-state index contributed by atoms with van der Waals surface area (Å²) in [6.45, 7) is 6.75. The van der Waals surface area contributed by atoms with Crippen molar-refractivity contribution in [3.63, 3.8) is 0 Å². The molecule has 2 N–H and O–H groups in total. The topological polar surface area (TPSA) is 45.4 Å². The van der Waals surface area contributed by atoms with Gasteiger partial charge >= 0.3 is 0 Å². The average Bonchev–Trinajstić information content (AvgIpc) is 2.70. The van der Waals surface area contributed by atoms with Crippen LogP contribution < -0.4 is 5.32 Å². The van der Waals surface area contributed by atoms with E-state index in [4.69, 9.17) is 4.42 Å². The third-order valence-electron chi connectivity index (χ3n) is 2.97. The highest BCUT2D eigenvalue weighted by Gasteiger charge is 2.16. The Morgan fingerprint density at radius 2 is 2.19 bits per heavy atom. The predicted octanol–water partition coefficient (Wildman–Crippen LogP) is 3.10. The van der Waals surface area contributed by atoms with Crippen LogP contribution in [0.3, 0.4) is 0 Å². The quantitative estimate of drug-likeness (QED) is 0.846. The van der Waals surface area contributed by atoms with E-state index in [1.54, 1.807) is 6.26 Å². The van der Waals surface area contributed by atoms with Crippen LogP contribution in [0.5, 0.6) is 0 Å². The molecule has 3 nitrogen and oxygen atoms in total. The lowest BCUT2D eigenvalue weighted by Crippen LogP contribution is -2.33. The molecule has 1 aromatic rings. The van der Waals surface area contributed by atoms with Crippen LogP contribution in [-0.2, 0) is 0 Å². The average molecular weight is 290 g/mol. The van der Waals surface area contributed by atoms with E-state index in [0.29, 0.717) is 12.5 Å². The molecule has 0 aliphatic rings. The molecule has 4 heteroatoms. The number of hydrogen-bond donors (Lipinski definition) is 2. The van der Waals surface area contributed by atoms with E-state index < -0.39 is 0 Å². The predicted molar refractivity (Wildman–Crippen MR) is 68.3 cm³/mol. The first-order valence-electron chi connectivity index (χ1n) is 5.70. The fourth-order valence-corrected chi connectivity index (χ4v) is 2.02. The van der Waals surface area contributed by atoms with Gasteiger partial charge in [-0.3, -0.25) is 0 Å². The van der Waals surface area contributed by atoms with Gasteiger partial charge in [-0.05, 0) is 34.8 Å². The molecule has 0 amide bonds. The van der Waals surface area contributed by atoms with E-state index >= 15 is 0 Å². The Hall–Kier alpha value is -0.320. The molecule has 3 unspecified atom stereocenters. The number of halogens is 1. The summed E-state index contributed by atoms with van der Waals surface area (Å²) in [5.41, 5.74) is 0. The number of rotatable bonds is 6. The zero-order valence-electron chi connectivity index (χ0n) is 10.0. The molecule has 0 radical (unpaired) electrons. The van der Waals surface area contributed by atoms with Crippen molar-refractivity contribution in [3.05, 3.63) is 22.6 Å². The summed E-state index contributed by atoms with van der Waals surface area (Å²) in [7, 11) is 0. The SMILES string of the molecule is CCC(C)C(O)CNC(C)c1occc1Br. The lowest BCUT2D eigenvalue weighted by molar-refractivity contribution is 0.109. The number of aliphatic hydroxyl groups excluding tert-OH is 1. The summed E-state index contributed by atoms with van der Waals surface area (Å²) >= 11 is 3.42. The molecule has 0 saturated carbocycles. The first-order chi connectivity index (χ1) is 7.56. The van der Waals surface area contributed by atoms with Crippen LogP contribution in [0, 0.1) is 5.92 Å². The molecule has 1 aromatic heterocycles. The maximum Gasteiger partial charge on any atom is 0.134 e. The Kier molecular flexibility index (Phi) is 5.52. The number of hydrogen-bond acceptors (Lipinski definition) is 3. The molecular weight excluding hydrogens is 270 g/mol. The van der Waals surface area contributed by atoms with Gasteiger partial charge in [-0.25, -0.2) is 0 Å². The normalized spacial score (nSPS) is 17.1. The van der Waals surface area contributed by atoms with Gasteiger partial charge in [-0.15, -0.1) is 0 Å². The summed E-state index contributed by atoms with van der Waals surface area (Å²) in [6, 6.07) is 1.97. The molecule has 0 aliphatic carbocycles. The van der Waals surface area contributed by atoms with Crippen LogP contribution in [0.15, 0.2) is 21.2 Å². The van der Waals surface area contributed by atoms with Crippen LogP contribution in [0.4, 0.5) is 0 Å². The van der Waals surface area contributed by atoms with E-state index in [2.05, 4.69) is 35.1 Å². The number of aliphatic hydroxyl groups is 1. The van der Waals surface area contributed by atoms with Crippen molar-refractivity contribution in [3.8, 4) is 0 Å². The molecule has 92 valence electrons. The summed E-state index contributed by atoms with van der Waals surface area (Å²) < 4.78 is 6.32. The van der Waals surface area contributed by atoms with Gasteiger partial charge in [0.1, 0.15) is 5.76 Å². The van der Waals surface area contributed by atoms with Gasteiger partial charge in [0.05, 0.1) is 22.9 Å². The van der Waals surface area contributed by atoms with E-state index in [1.165, 1.54) is 0 Å². The van der Waals surface area contributed by atoms with Crippen molar-refractivity contribution in [1.82, 2.24) is 5.32 Å². The Morgan fingerprint density at radius 1 is 1.50 bits per heavy atom. The van der Waals surface area contributed by atoms with Crippen molar-refractivity contribution in [2.75, 3.05) is 6.54 Å². The van der Waals surface area contributed by atoms with Crippen molar-refractivity contribution >= 4 is 15.9 Å². The Labute approximate surface area is 105 Å². The minimum absolute atomic E-state index is 0.100. The Balaban J connectivity index is 2.41. The van der Waals surface area contributed by atoms with Gasteiger partial charge in [0.2, 0.25) is 0 Å². The van der Waals surface area contributed by atoms with E-state index in [1.807, 2.05) is 13.0 Å². The third-order valence-corrected chi connectivity index (χ3v) is 3.63. The highest BCUT2D eigenvalue weighted by atomic mass is 79.9. The summed E-state index contributed by atoms with van der Waals surface area (Å²) in [5, 5.41) is 13.1. The monoisotopic (exact) mass is 289 g/mol. The zero-order chi connectivity index (χ0) is 12.1. The second kappa shape index (κ2) is 6.42. The molecule has 16 heavy (non-hydrogen) atoms. The van der Waals surface area contributed by atoms with Gasteiger partial charge in [0, 0.05) is 6.54 Å². The molecule has 1 heterocycles. The lowest BCUT2D eigenvalue weighted by atomic mass is 10.0. The van der Waals surface area contributed by atoms with E-state index in [0.717, 1.165) is 16.7 Å². The van der Waals surface area contributed by atoms with Crippen LogP contribution in [0.2, 0.25) is 0 Å². The van der Waals surface area contributed by atoms with Crippen molar-refractivity contribution in [2.45, 2.75) is 39.3 Å².